The number of alkyl halides is 3. The second-order valence-corrected chi connectivity index (χ2v) is 5.41. The second-order valence-electron chi connectivity index (χ2n) is 5.41. The van der Waals surface area contributed by atoms with Crippen LogP contribution < -0.4 is 0 Å². The summed E-state index contributed by atoms with van der Waals surface area (Å²) in [7, 11) is 1.33. The minimum Gasteiger partial charge on any atom is -0.377 e. The number of hydrogen-bond donors (Lipinski definition) is 1. The molecule has 0 saturated carbocycles. The van der Waals surface area contributed by atoms with E-state index in [9.17, 15) is 23.1 Å². The molecular weight excluding hydrogens is 303 g/mol. The van der Waals surface area contributed by atoms with E-state index in [1.807, 2.05) is 0 Å². The zero-order valence-electron chi connectivity index (χ0n) is 12.3. The maximum Gasteiger partial charge on any atom is 0.425 e. The molecule has 1 aromatic heterocycles. The molecule has 22 heavy (non-hydrogen) atoms. The summed E-state index contributed by atoms with van der Waals surface area (Å²) in [5.41, 5.74) is -3.32. The number of aryl methyl sites for hydroxylation is 1. The molecule has 0 aromatic carbocycles. The van der Waals surface area contributed by atoms with E-state index in [4.69, 9.17) is 4.74 Å². The average Bonchev–Trinajstić information content (AvgIpc) is 2.84. The molecule has 0 bridgehead atoms. The third-order valence-corrected chi connectivity index (χ3v) is 3.76. The number of morpholine rings is 1. The minimum atomic E-state index is -5.02. The van der Waals surface area contributed by atoms with Gasteiger partial charge in [0.2, 0.25) is 11.5 Å². The van der Waals surface area contributed by atoms with Crippen molar-refractivity contribution in [2.75, 3.05) is 19.8 Å². The van der Waals surface area contributed by atoms with Gasteiger partial charge in [0.15, 0.2) is 5.82 Å². The van der Waals surface area contributed by atoms with Gasteiger partial charge >= 0.3 is 6.18 Å². The number of amides is 1. The van der Waals surface area contributed by atoms with Crippen LogP contribution in [0.4, 0.5) is 13.2 Å². The summed E-state index contributed by atoms with van der Waals surface area (Å²) in [5.74, 6) is -1.38. The predicted molar refractivity (Wildman–Crippen MR) is 69.8 cm³/mol. The van der Waals surface area contributed by atoms with Crippen molar-refractivity contribution in [1.82, 2.24) is 14.5 Å². The standard InChI is InChI=1S/C13H18F3N3O3/c1-9-8-22-6-5-19(9)10(20)7-12(21,13(14,15)16)11-17-3-4-18(11)2/h3-4,9,21H,5-8H2,1-2H3. The van der Waals surface area contributed by atoms with Gasteiger partial charge in [-0.3, -0.25) is 4.79 Å². The Morgan fingerprint density at radius 3 is 2.73 bits per heavy atom. The van der Waals surface area contributed by atoms with Crippen molar-refractivity contribution in [2.45, 2.75) is 31.2 Å². The minimum absolute atomic E-state index is 0.203. The summed E-state index contributed by atoms with van der Waals surface area (Å²) in [5, 5.41) is 10.2. The molecule has 0 radical (unpaired) electrons. The number of aromatic nitrogens is 2. The fraction of sp³-hybridized carbons (Fsp3) is 0.692. The van der Waals surface area contributed by atoms with Crippen molar-refractivity contribution in [3.05, 3.63) is 18.2 Å². The number of carbonyl (C=O) groups excluding carboxylic acids is 1. The van der Waals surface area contributed by atoms with E-state index in [1.165, 1.54) is 18.1 Å². The average molecular weight is 321 g/mol. The molecule has 2 heterocycles. The molecule has 0 aliphatic carbocycles. The fourth-order valence-corrected chi connectivity index (χ4v) is 2.49. The zero-order valence-corrected chi connectivity index (χ0v) is 12.3. The molecule has 1 N–H and O–H groups in total. The Morgan fingerprint density at radius 1 is 1.55 bits per heavy atom. The summed E-state index contributed by atoms with van der Waals surface area (Å²) in [6.45, 7) is 2.42. The first-order valence-electron chi connectivity index (χ1n) is 6.81. The maximum absolute atomic E-state index is 13.4. The van der Waals surface area contributed by atoms with Crippen LogP contribution in [0.5, 0.6) is 0 Å². The predicted octanol–water partition coefficient (Wildman–Crippen LogP) is 0.807. The normalized spacial score (nSPS) is 22.5. The molecular formula is C13H18F3N3O3. The molecule has 1 aromatic rings. The summed E-state index contributed by atoms with van der Waals surface area (Å²) in [4.78, 5) is 17.1. The van der Waals surface area contributed by atoms with E-state index in [-0.39, 0.29) is 25.8 Å². The van der Waals surface area contributed by atoms with Crippen LogP contribution in [-0.2, 0) is 22.2 Å². The Bertz CT molecular complexity index is 546. The van der Waals surface area contributed by atoms with Gasteiger partial charge in [-0.05, 0) is 6.92 Å². The fourth-order valence-electron chi connectivity index (χ4n) is 2.49. The summed E-state index contributed by atoms with van der Waals surface area (Å²) >= 11 is 0. The highest BCUT2D eigenvalue weighted by atomic mass is 19.4. The summed E-state index contributed by atoms with van der Waals surface area (Å²) < 4.78 is 46.3. The Morgan fingerprint density at radius 2 is 2.23 bits per heavy atom. The van der Waals surface area contributed by atoms with Crippen molar-refractivity contribution in [1.29, 1.82) is 0 Å². The highest BCUT2D eigenvalue weighted by Crippen LogP contribution is 2.41. The monoisotopic (exact) mass is 321 g/mol. The molecule has 1 aliphatic rings. The van der Waals surface area contributed by atoms with Crippen molar-refractivity contribution in [2.24, 2.45) is 7.05 Å². The number of ether oxygens (including phenoxy) is 1. The molecule has 2 atom stereocenters. The van der Waals surface area contributed by atoms with E-state index in [0.717, 1.165) is 10.8 Å². The first-order chi connectivity index (χ1) is 10.2. The third kappa shape index (κ3) is 2.95. The molecule has 2 unspecified atom stereocenters. The van der Waals surface area contributed by atoms with Gasteiger partial charge in [-0.25, -0.2) is 4.98 Å². The lowest BCUT2D eigenvalue weighted by Gasteiger charge is -2.36. The number of nitrogens with zero attached hydrogens (tertiary/aromatic N) is 3. The number of imidazole rings is 1. The van der Waals surface area contributed by atoms with Crippen LogP contribution in [0.3, 0.4) is 0 Å². The number of aliphatic hydroxyl groups is 1. The Balaban J connectivity index is 2.28. The van der Waals surface area contributed by atoms with Crippen LogP contribution in [0.25, 0.3) is 0 Å². The Hall–Kier alpha value is -1.61. The maximum atomic E-state index is 13.4. The highest BCUT2D eigenvalue weighted by molar-refractivity contribution is 5.78. The quantitative estimate of drug-likeness (QED) is 0.894. The van der Waals surface area contributed by atoms with Crippen molar-refractivity contribution < 1.29 is 27.8 Å². The van der Waals surface area contributed by atoms with Gasteiger partial charge in [-0.2, -0.15) is 13.2 Å². The van der Waals surface area contributed by atoms with Crippen LogP contribution in [0, 0.1) is 0 Å². The molecule has 124 valence electrons. The lowest BCUT2D eigenvalue weighted by Crippen LogP contribution is -2.52. The number of hydrogen-bond acceptors (Lipinski definition) is 4. The van der Waals surface area contributed by atoms with Gasteiger partial charge in [-0.15, -0.1) is 0 Å². The van der Waals surface area contributed by atoms with Gasteiger partial charge in [0.1, 0.15) is 0 Å². The topological polar surface area (TPSA) is 67.6 Å². The van der Waals surface area contributed by atoms with E-state index >= 15 is 0 Å². The SMILES string of the molecule is CC1COCCN1C(=O)CC(O)(c1nccn1C)C(F)(F)F. The molecule has 1 amide bonds. The first-order valence-corrected chi connectivity index (χ1v) is 6.81. The van der Waals surface area contributed by atoms with Gasteiger partial charge in [0.05, 0.1) is 25.7 Å². The van der Waals surface area contributed by atoms with Gasteiger partial charge in [0.25, 0.3) is 0 Å². The highest BCUT2D eigenvalue weighted by Gasteiger charge is 2.59. The van der Waals surface area contributed by atoms with Gasteiger partial charge < -0.3 is 19.3 Å². The molecule has 1 saturated heterocycles. The molecule has 6 nitrogen and oxygen atoms in total. The van der Waals surface area contributed by atoms with Crippen molar-refractivity contribution >= 4 is 5.91 Å². The number of halogens is 3. The third-order valence-electron chi connectivity index (χ3n) is 3.76. The molecule has 1 aliphatic heterocycles. The van der Waals surface area contributed by atoms with Crippen LogP contribution in [0.1, 0.15) is 19.2 Å². The van der Waals surface area contributed by atoms with Crippen LogP contribution in [0.15, 0.2) is 12.4 Å². The largest absolute Gasteiger partial charge is 0.425 e. The smallest absolute Gasteiger partial charge is 0.377 e. The number of rotatable bonds is 3. The Kier molecular flexibility index (Phi) is 4.48. The number of carbonyl (C=O) groups is 1. The first kappa shape index (κ1) is 16.8. The zero-order chi connectivity index (χ0) is 16.5. The summed E-state index contributed by atoms with van der Waals surface area (Å²) in [6.07, 6.45) is -3.69. The van der Waals surface area contributed by atoms with Crippen molar-refractivity contribution in [3.63, 3.8) is 0 Å². The summed E-state index contributed by atoms with van der Waals surface area (Å²) in [6, 6.07) is -0.333. The van der Waals surface area contributed by atoms with Gasteiger partial charge in [0, 0.05) is 26.0 Å². The van der Waals surface area contributed by atoms with E-state index in [0.29, 0.717) is 0 Å². The molecule has 9 heteroatoms. The van der Waals surface area contributed by atoms with E-state index in [1.54, 1.807) is 6.92 Å². The van der Waals surface area contributed by atoms with Crippen LogP contribution in [-0.4, -0.2) is 57.4 Å². The Labute approximate surface area is 125 Å². The molecule has 1 fully saturated rings. The molecule has 2 rings (SSSR count). The van der Waals surface area contributed by atoms with E-state index < -0.39 is 29.9 Å². The molecule has 0 spiro atoms. The van der Waals surface area contributed by atoms with Crippen LogP contribution in [0.2, 0.25) is 0 Å². The van der Waals surface area contributed by atoms with Crippen LogP contribution >= 0.6 is 0 Å². The van der Waals surface area contributed by atoms with Crippen molar-refractivity contribution in [3.8, 4) is 0 Å². The van der Waals surface area contributed by atoms with E-state index in [2.05, 4.69) is 4.98 Å². The lowest BCUT2D eigenvalue weighted by atomic mass is 9.96. The second kappa shape index (κ2) is 5.88. The van der Waals surface area contributed by atoms with Gasteiger partial charge in [-0.1, -0.05) is 0 Å². The lowest BCUT2D eigenvalue weighted by molar-refractivity contribution is -0.272.